The van der Waals surface area contributed by atoms with E-state index in [2.05, 4.69) is 5.73 Å². The van der Waals surface area contributed by atoms with Crippen LogP contribution < -0.4 is 11.5 Å². The van der Waals surface area contributed by atoms with Crippen molar-refractivity contribution in [3.63, 3.8) is 0 Å². The van der Waals surface area contributed by atoms with Crippen molar-refractivity contribution < 1.29 is 9.59 Å². The molecule has 0 saturated carbocycles. The third-order valence-corrected chi connectivity index (χ3v) is 0.702. The summed E-state index contributed by atoms with van der Waals surface area (Å²) >= 11 is 0. The number of carbonyl (C=O) groups excluding carboxylic acids is 2. The van der Waals surface area contributed by atoms with Crippen LogP contribution in [0.2, 0.25) is 0 Å². The van der Waals surface area contributed by atoms with Gasteiger partial charge in [-0.3, -0.25) is 15.0 Å². The number of Topliss-reactive ketones (excluding diaryl/α,β-unsaturated/α-hetero) is 1. The van der Waals surface area contributed by atoms with Crippen molar-refractivity contribution in [2.75, 3.05) is 6.54 Å². The Hall–Kier alpha value is -1.23. The number of hydrogen-bond donors (Lipinski definition) is 3. The Morgan fingerprint density at radius 3 is 2.00 bits per heavy atom. The molecule has 0 aromatic heterocycles. The van der Waals surface area contributed by atoms with E-state index in [-0.39, 0.29) is 6.54 Å². The highest BCUT2D eigenvalue weighted by Crippen LogP contribution is 1.71. The first kappa shape index (κ1) is 7.77. The number of amides is 1. The molecule has 5 N–H and O–H groups in total. The van der Waals surface area contributed by atoms with Gasteiger partial charge in [0.15, 0.2) is 0 Å². The lowest BCUT2D eigenvalue weighted by Crippen LogP contribution is -2.33. The minimum atomic E-state index is -1.13. The molecule has 0 aliphatic heterocycles. The van der Waals surface area contributed by atoms with Gasteiger partial charge in [-0.25, -0.2) is 0 Å². The molecule has 5 heteroatoms. The quantitative estimate of drug-likeness (QED) is 0.303. The Morgan fingerprint density at radius 1 is 1.44 bits per heavy atom. The molecule has 0 spiro atoms. The third kappa shape index (κ3) is 2.00. The molecule has 0 fully saturated rings. The van der Waals surface area contributed by atoms with Crippen molar-refractivity contribution in [1.82, 2.24) is 0 Å². The van der Waals surface area contributed by atoms with Crippen LogP contribution in [0.5, 0.6) is 0 Å². The highest BCUT2D eigenvalue weighted by Gasteiger charge is 2.12. The Balaban J connectivity index is 4.05. The Labute approximate surface area is 51.5 Å². The van der Waals surface area contributed by atoms with E-state index < -0.39 is 17.4 Å². The lowest BCUT2D eigenvalue weighted by molar-refractivity contribution is -0.132. The van der Waals surface area contributed by atoms with Crippen LogP contribution in [0.15, 0.2) is 0 Å². The molecule has 0 atom stereocenters. The van der Waals surface area contributed by atoms with Gasteiger partial charge in [-0.1, -0.05) is 0 Å². The predicted octanol–water partition coefficient (Wildman–Crippen LogP) is -1.98. The molecule has 0 aromatic carbocycles. The largest absolute Gasteiger partial charge is 0.363 e. The normalized spacial score (nSPS) is 8.56. The van der Waals surface area contributed by atoms with Gasteiger partial charge < -0.3 is 11.5 Å². The van der Waals surface area contributed by atoms with Gasteiger partial charge in [0.25, 0.3) is 11.7 Å². The van der Waals surface area contributed by atoms with Gasteiger partial charge in [-0.15, -0.1) is 0 Å². The zero-order valence-electron chi connectivity index (χ0n) is 4.68. The van der Waals surface area contributed by atoms with Gasteiger partial charge in [0, 0.05) is 6.54 Å². The number of hydrogen-bond acceptors (Lipinski definition) is 4. The number of rotatable bonds is 3. The molecule has 0 radical (unpaired) electrons. The second-order valence-electron chi connectivity index (χ2n) is 1.38. The standard InChI is InChI=1S/C4H7N3O2/c5-1-2(6)3(8)4(7)9/h6H,1,5H2,(H2,7,9). The van der Waals surface area contributed by atoms with E-state index in [9.17, 15) is 9.59 Å². The molecule has 0 aliphatic rings. The first-order valence-corrected chi connectivity index (χ1v) is 2.21. The number of nitrogens with one attached hydrogen (secondary N) is 1. The van der Waals surface area contributed by atoms with E-state index in [1.54, 1.807) is 0 Å². The minimum absolute atomic E-state index is 0.248. The van der Waals surface area contributed by atoms with Crippen molar-refractivity contribution in [1.29, 1.82) is 5.41 Å². The van der Waals surface area contributed by atoms with E-state index in [0.717, 1.165) is 0 Å². The van der Waals surface area contributed by atoms with Crippen LogP contribution in [0, 0.1) is 5.41 Å². The topological polar surface area (TPSA) is 110 Å². The van der Waals surface area contributed by atoms with Crippen LogP contribution in [0.1, 0.15) is 0 Å². The van der Waals surface area contributed by atoms with Crippen molar-refractivity contribution in [2.45, 2.75) is 0 Å². The van der Waals surface area contributed by atoms with Crippen LogP contribution >= 0.6 is 0 Å². The summed E-state index contributed by atoms with van der Waals surface area (Å²) < 4.78 is 0. The number of ketones is 1. The fourth-order valence-corrected chi connectivity index (χ4v) is 0.241. The summed E-state index contributed by atoms with van der Waals surface area (Å²) in [5.41, 5.74) is 8.93. The summed E-state index contributed by atoms with van der Waals surface area (Å²) in [6, 6.07) is 0. The van der Waals surface area contributed by atoms with Crippen molar-refractivity contribution in [3.05, 3.63) is 0 Å². The Morgan fingerprint density at radius 2 is 1.89 bits per heavy atom. The van der Waals surface area contributed by atoms with Gasteiger partial charge in [0.1, 0.15) is 0 Å². The molecule has 0 bridgehead atoms. The molecule has 0 rings (SSSR count). The Kier molecular flexibility index (Phi) is 2.53. The number of primary amides is 1. The van der Waals surface area contributed by atoms with E-state index in [1.807, 2.05) is 0 Å². The molecule has 5 nitrogen and oxygen atoms in total. The van der Waals surface area contributed by atoms with Gasteiger partial charge in [0.2, 0.25) is 0 Å². The fraction of sp³-hybridized carbons (Fsp3) is 0.250. The zero-order valence-corrected chi connectivity index (χ0v) is 4.68. The van der Waals surface area contributed by atoms with Gasteiger partial charge in [-0.05, 0) is 0 Å². The maximum absolute atomic E-state index is 10.3. The van der Waals surface area contributed by atoms with Crippen LogP contribution in [-0.2, 0) is 9.59 Å². The summed E-state index contributed by atoms with van der Waals surface area (Å²) in [6.07, 6.45) is 0. The van der Waals surface area contributed by atoms with E-state index in [1.165, 1.54) is 0 Å². The molecule has 50 valence electrons. The first-order chi connectivity index (χ1) is 4.09. The summed E-state index contributed by atoms with van der Waals surface area (Å²) in [5.74, 6) is -2.15. The third-order valence-electron chi connectivity index (χ3n) is 0.702. The van der Waals surface area contributed by atoms with Crippen molar-refractivity contribution in [2.24, 2.45) is 11.5 Å². The second kappa shape index (κ2) is 2.93. The highest BCUT2D eigenvalue weighted by atomic mass is 16.2. The Bertz CT molecular complexity index is 163. The number of carbonyl (C=O) groups is 2. The smallest absolute Gasteiger partial charge is 0.291 e. The average Bonchev–Trinajstić information content (AvgIpc) is 1.84. The predicted molar refractivity (Wildman–Crippen MR) is 31.0 cm³/mol. The molecule has 9 heavy (non-hydrogen) atoms. The lowest BCUT2D eigenvalue weighted by Gasteiger charge is -1.91. The molecule has 0 heterocycles. The zero-order chi connectivity index (χ0) is 7.44. The van der Waals surface area contributed by atoms with Crippen LogP contribution in [0.4, 0.5) is 0 Å². The summed E-state index contributed by atoms with van der Waals surface area (Å²) in [5, 5.41) is 6.70. The second-order valence-corrected chi connectivity index (χ2v) is 1.38. The summed E-state index contributed by atoms with van der Waals surface area (Å²) in [4.78, 5) is 20.3. The van der Waals surface area contributed by atoms with E-state index in [4.69, 9.17) is 11.1 Å². The monoisotopic (exact) mass is 129 g/mol. The van der Waals surface area contributed by atoms with Crippen LogP contribution in [0.3, 0.4) is 0 Å². The van der Waals surface area contributed by atoms with Crippen molar-refractivity contribution in [3.8, 4) is 0 Å². The fourth-order valence-electron chi connectivity index (χ4n) is 0.241. The van der Waals surface area contributed by atoms with Crippen LogP contribution in [-0.4, -0.2) is 23.9 Å². The molecule has 1 amide bonds. The minimum Gasteiger partial charge on any atom is -0.363 e. The van der Waals surface area contributed by atoms with E-state index in [0.29, 0.717) is 0 Å². The highest BCUT2D eigenvalue weighted by molar-refractivity contribution is 6.64. The molecule has 0 saturated heterocycles. The molecular weight excluding hydrogens is 122 g/mol. The summed E-state index contributed by atoms with van der Waals surface area (Å²) in [6.45, 7) is -0.248. The molecular formula is C4H7N3O2. The van der Waals surface area contributed by atoms with Crippen LogP contribution in [0.25, 0.3) is 0 Å². The molecule has 0 aromatic rings. The summed E-state index contributed by atoms with van der Waals surface area (Å²) in [7, 11) is 0. The van der Waals surface area contributed by atoms with Gasteiger partial charge in [0.05, 0.1) is 5.71 Å². The number of nitrogens with two attached hydrogens (primary N) is 2. The average molecular weight is 129 g/mol. The maximum Gasteiger partial charge on any atom is 0.291 e. The molecule has 0 unspecified atom stereocenters. The lowest BCUT2D eigenvalue weighted by atomic mass is 10.2. The maximum atomic E-state index is 10.3. The van der Waals surface area contributed by atoms with Gasteiger partial charge in [-0.2, -0.15) is 0 Å². The van der Waals surface area contributed by atoms with Gasteiger partial charge >= 0.3 is 0 Å². The van der Waals surface area contributed by atoms with E-state index >= 15 is 0 Å². The molecule has 0 aliphatic carbocycles. The van der Waals surface area contributed by atoms with Crippen molar-refractivity contribution >= 4 is 17.4 Å². The first-order valence-electron chi connectivity index (χ1n) is 2.21. The SMILES string of the molecule is N=C(CN)C(=O)C(N)=O.